The van der Waals surface area contributed by atoms with E-state index >= 15 is 0 Å². The summed E-state index contributed by atoms with van der Waals surface area (Å²) in [6.45, 7) is 5.32. The average Bonchev–Trinajstić information content (AvgIpc) is 2.33. The van der Waals surface area contributed by atoms with E-state index in [0.29, 0.717) is 17.7 Å². The molecule has 0 saturated carbocycles. The largest absolute Gasteiger partial charge is 0.317 e. The number of hydrogen-bond donors (Lipinski definition) is 2. The highest BCUT2D eigenvalue weighted by atomic mass is 32.2. The highest BCUT2D eigenvalue weighted by Crippen LogP contribution is 2.15. The van der Waals surface area contributed by atoms with Crippen molar-refractivity contribution in [1.82, 2.24) is 5.32 Å². The Bertz CT molecular complexity index is 503. The van der Waals surface area contributed by atoms with E-state index in [9.17, 15) is 12.8 Å². The molecule has 0 aliphatic heterocycles. The first-order valence-electron chi connectivity index (χ1n) is 6.42. The molecule has 6 heteroatoms. The molecule has 4 nitrogen and oxygen atoms in total. The number of rotatable bonds is 8. The Morgan fingerprint density at radius 1 is 1.26 bits per heavy atom. The maximum Gasteiger partial charge on any atom is 0.232 e. The van der Waals surface area contributed by atoms with Crippen LogP contribution in [0.25, 0.3) is 0 Å². The molecule has 19 heavy (non-hydrogen) atoms. The maximum absolute atomic E-state index is 13.1. The lowest BCUT2D eigenvalue weighted by Gasteiger charge is -2.09. The molecule has 108 valence electrons. The number of unbranched alkanes of at least 4 members (excludes halogenated alkanes) is 1. The molecule has 0 aliphatic rings. The topological polar surface area (TPSA) is 58.2 Å². The van der Waals surface area contributed by atoms with Crippen LogP contribution in [-0.4, -0.2) is 27.3 Å². The van der Waals surface area contributed by atoms with Crippen molar-refractivity contribution < 1.29 is 12.8 Å². The van der Waals surface area contributed by atoms with Crippen LogP contribution < -0.4 is 10.0 Å². The molecule has 1 aromatic rings. The molecule has 0 aromatic heterocycles. The SMILES string of the molecule is CCNCCCCS(=O)(=O)Nc1ccc(F)c(C)c1. The smallest absolute Gasteiger partial charge is 0.232 e. The zero-order chi connectivity index (χ0) is 14.3. The molecule has 0 unspecified atom stereocenters. The molecule has 2 N–H and O–H groups in total. The number of anilines is 1. The summed E-state index contributed by atoms with van der Waals surface area (Å²) in [5.41, 5.74) is 0.831. The van der Waals surface area contributed by atoms with Gasteiger partial charge in [0.25, 0.3) is 0 Å². The first kappa shape index (κ1) is 15.9. The summed E-state index contributed by atoms with van der Waals surface area (Å²) in [5, 5.41) is 3.14. The van der Waals surface area contributed by atoms with E-state index in [-0.39, 0.29) is 11.6 Å². The first-order valence-corrected chi connectivity index (χ1v) is 8.07. The van der Waals surface area contributed by atoms with Gasteiger partial charge in [-0.2, -0.15) is 0 Å². The van der Waals surface area contributed by atoms with Crippen molar-refractivity contribution in [2.45, 2.75) is 26.7 Å². The van der Waals surface area contributed by atoms with Crippen molar-refractivity contribution in [2.75, 3.05) is 23.6 Å². The van der Waals surface area contributed by atoms with E-state index in [1.807, 2.05) is 6.92 Å². The van der Waals surface area contributed by atoms with Gasteiger partial charge in [-0.3, -0.25) is 4.72 Å². The standard InChI is InChI=1S/C13H21FN2O2S/c1-3-15-8-4-5-9-19(17,18)16-12-6-7-13(14)11(2)10-12/h6-7,10,15-16H,3-5,8-9H2,1-2H3. The van der Waals surface area contributed by atoms with E-state index in [4.69, 9.17) is 0 Å². The normalized spacial score (nSPS) is 11.5. The number of nitrogens with one attached hydrogen (secondary N) is 2. The van der Waals surface area contributed by atoms with Crippen LogP contribution in [0.15, 0.2) is 18.2 Å². The number of sulfonamides is 1. The number of benzene rings is 1. The Labute approximate surface area is 114 Å². The van der Waals surface area contributed by atoms with E-state index in [0.717, 1.165) is 19.5 Å². The van der Waals surface area contributed by atoms with Crippen LogP contribution in [0.5, 0.6) is 0 Å². The molecule has 0 radical (unpaired) electrons. The quantitative estimate of drug-likeness (QED) is 0.721. The Balaban J connectivity index is 2.47. The van der Waals surface area contributed by atoms with E-state index in [2.05, 4.69) is 10.0 Å². The van der Waals surface area contributed by atoms with Crippen molar-refractivity contribution in [3.63, 3.8) is 0 Å². The van der Waals surface area contributed by atoms with Crippen LogP contribution in [-0.2, 0) is 10.0 Å². The number of hydrogen-bond acceptors (Lipinski definition) is 3. The minimum atomic E-state index is -3.35. The predicted molar refractivity (Wildman–Crippen MR) is 76.3 cm³/mol. The van der Waals surface area contributed by atoms with Crippen LogP contribution in [0.4, 0.5) is 10.1 Å². The minimum Gasteiger partial charge on any atom is -0.317 e. The monoisotopic (exact) mass is 288 g/mol. The molecule has 0 heterocycles. The summed E-state index contributed by atoms with van der Waals surface area (Å²) in [5.74, 6) is -0.261. The van der Waals surface area contributed by atoms with Crippen LogP contribution in [0.1, 0.15) is 25.3 Å². The Hall–Kier alpha value is -1.14. The molecule has 1 aromatic carbocycles. The zero-order valence-corrected chi connectivity index (χ0v) is 12.2. The molecule has 0 aliphatic carbocycles. The molecule has 0 atom stereocenters. The van der Waals surface area contributed by atoms with Gasteiger partial charge in [-0.05, 0) is 56.6 Å². The second-order valence-corrected chi connectivity index (χ2v) is 6.29. The van der Waals surface area contributed by atoms with E-state index < -0.39 is 10.0 Å². The van der Waals surface area contributed by atoms with Gasteiger partial charge in [0.15, 0.2) is 0 Å². The Kier molecular flexibility index (Phi) is 6.24. The molecular weight excluding hydrogens is 267 g/mol. The van der Waals surface area contributed by atoms with Crippen molar-refractivity contribution >= 4 is 15.7 Å². The lowest BCUT2D eigenvalue weighted by molar-refractivity contribution is 0.593. The van der Waals surface area contributed by atoms with Gasteiger partial charge in [0.05, 0.1) is 5.75 Å². The van der Waals surface area contributed by atoms with Crippen molar-refractivity contribution in [3.05, 3.63) is 29.6 Å². The van der Waals surface area contributed by atoms with E-state index in [1.165, 1.54) is 18.2 Å². The summed E-state index contributed by atoms with van der Waals surface area (Å²) in [6, 6.07) is 4.18. The fraction of sp³-hybridized carbons (Fsp3) is 0.538. The van der Waals surface area contributed by atoms with Crippen molar-refractivity contribution in [3.8, 4) is 0 Å². The summed E-state index contributed by atoms with van der Waals surface area (Å²) in [7, 11) is -3.35. The Morgan fingerprint density at radius 3 is 2.63 bits per heavy atom. The number of aryl methyl sites for hydroxylation is 1. The molecule has 1 rings (SSSR count). The molecule has 0 fully saturated rings. The second-order valence-electron chi connectivity index (χ2n) is 4.45. The summed E-state index contributed by atoms with van der Waals surface area (Å²) >= 11 is 0. The summed E-state index contributed by atoms with van der Waals surface area (Å²) < 4.78 is 39.1. The van der Waals surface area contributed by atoms with Gasteiger partial charge in [0.2, 0.25) is 10.0 Å². The van der Waals surface area contributed by atoms with Crippen molar-refractivity contribution in [1.29, 1.82) is 0 Å². The van der Waals surface area contributed by atoms with Gasteiger partial charge in [-0.15, -0.1) is 0 Å². The maximum atomic E-state index is 13.1. The van der Waals surface area contributed by atoms with Crippen LogP contribution in [0.2, 0.25) is 0 Å². The second kappa shape index (κ2) is 7.45. The highest BCUT2D eigenvalue weighted by Gasteiger charge is 2.10. The molecule has 0 bridgehead atoms. The van der Waals surface area contributed by atoms with Crippen LogP contribution in [0, 0.1) is 12.7 Å². The molecular formula is C13H21FN2O2S. The summed E-state index contributed by atoms with van der Waals surface area (Å²) in [4.78, 5) is 0. The lowest BCUT2D eigenvalue weighted by atomic mass is 10.2. The van der Waals surface area contributed by atoms with Crippen molar-refractivity contribution in [2.24, 2.45) is 0 Å². The van der Waals surface area contributed by atoms with Crippen LogP contribution in [0.3, 0.4) is 0 Å². The summed E-state index contributed by atoms with van der Waals surface area (Å²) in [6.07, 6.45) is 1.42. The molecule has 0 spiro atoms. The molecule has 0 saturated heterocycles. The third-order valence-corrected chi connectivity index (χ3v) is 4.07. The molecule has 0 amide bonds. The van der Waals surface area contributed by atoms with Gasteiger partial charge in [0, 0.05) is 5.69 Å². The van der Waals surface area contributed by atoms with Gasteiger partial charge < -0.3 is 5.32 Å². The Morgan fingerprint density at radius 2 is 2.00 bits per heavy atom. The van der Waals surface area contributed by atoms with Gasteiger partial charge in [0.1, 0.15) is 5.82 Å². The van der Waals surface area contributed by atoms with Gasteiger partial charge >= 0.3 is 0 Å². The lowest BCUT2D eigenvalue weighted by Crippen LogP contribution is -2.19. The van der Waals surface area contributed by atoms with Gasteiger partial charge in [-0.25, -0.2) is 12.8 Å². The van der Waals surface area contributed by atoms with Crippen LogP contribution >= 0.6 is 0 Å². The fourth-order valence-electron chi connectivity index (χ4n) is 1.66. The zero-order valence-electron chi connectivity index (χ0n) is 11.4. The van der Waals surface area contributed by atoms with E-state index in [1.54, 1.807) is 6.92 Å². The third-order valence-electron chi connectivity index (χ3n) is 2.70. The van der Waals surface area contributed by atoms with Gasteiger partial charge in [-0.1, -0.05) is 6.92 Å². The first-order chi connectivity index (χ1) is 8.94. The predicted octanol–water partition coefficient (Wildman–Crippen LogP) is 2.27. The fourth-order valence-corrected chi connectivity index (χ4v) is 2.83. The highest BCUT2D eigenvalue weighted by molar-refractivity contribution is 7.92. The minimum absolute atomic E-state index is 0.0782. The number of halogens is 1. The third kappa shape index (κ3) is 6.02. The average molecular weight is 288 g/mol.